The Balaban J connectivity index is 2.24. The van der Waals surface area contributed by atoms with Crippen molar-refractivity contribution in [2.75, 3.05) is 5.73 Å². The second kappa shape index (κ2) is 4.05. The largest absolute Gasteiger partial charge is 0.463 e. The van der Waals surface area contributed by atoms with Gasteiger partial charge in [0.25, 0.3) is 0 Å². The molecule has 0 atom stereocenters. The standard InChI is InChI=1S/C10H9N7O2/c11-6(18)4-17-9-8(15-16-17)7(13-10(12)14-9)5-2-1-3-19-5/h1-3H,4H2,(H2,11,18)(H2,12,13,14). The van der Waals surface area contributed by atoms with Crippen LogP contribution in [-0.2, 0) is 11.3 Å². The van der Waals surface area contributed by atoms with Gasteiger partial charge in [-0.25, -0.2) is 9.67 Å². The maximum Gasteiger partial charge on any atom is 0.239 e. The van der Waals surface area contributed by atoms with Gasteiger partial charge < -0.3 is 15.9 Å². The van der Waals surface area contributed by atoms with Crippen molar-refractivity contribution >= 4 is 23.0 Å². The molecule has 1 amide bonds. The first-order valence-corrected chi connectivity index (χ1v) is 5.34. The van der Waals surface area contributed by atoms with Crippen molar-refractivity contribution in [1.82, 2.24) is 25.0 Å². The Bertz CT molecular complexity index is 747. The molecule has 0 saturated heterocycles. The van der Waals surface area contributed by atoms with Gasteiger partial charge in [-0.05, 0) is 12.1 Å². The summed E-state index contributed by atoms with van der Waals surface area (Å²) in [6.45, 7) is -0.134. The number of hydrogen-bond acceptors (Lipinski definition) is 7. The SMILES string of the molecule is NC(=O)Cn1nnc2c(-c3ccco3)nc(N)nc21. The zero-order chi connectivity index (χ0) is 13.4. The molecule has 0 aliphatic rings. The molecule has 3 heterocycles. The molecular formula is C10H9N7O2. The fourth-order valence-electron chi connectivity index (χ4n) is 1.71. The molecule has 9 nitrogen and oxygen atoms in total. The molecular weight excluding hydrogens is 250 g/mol. The quantitative estimate of drug-likeness (QED) is 0.649. The number of nitrogens with two attached hydrogens (primary N) is 2. The molecule has 4 N–H and O–H groups in total. The number of furan rings is 1. The van der Waals surface area contributed by atoms with E-state index in [1.54, 1.807) is 12.1 Å². The van der Waals surface area contributed by atoms with Crippen molar-refractivity contribution in [3.05, 3.63) is 18.4 Å². The van der Waals surface area contributed by atoms with Crippen LogP contribution in [0.5, 0.6) is 0 Å². The van der Waals surface area contributed by atoms with Gasteiger partial charge in [-0.2, -0.15) is 4.98 Å². The number of aromatic nitrogens is 5. The van der Waals surface area contributed by atoms with Gasteiger partial charge in [0.1, 0.15) is 12.2 Å². The first-order valence-electron chi connectivity index (χ1n) is 5.34. The van der Waals surface area contributed by atoms with Crippen LogP contribution in [0.2, 0.25) is 0 Å². The molecule has 3 rings (SSSR count). The molecule has 0 spiro atoms. The lowest BCUT2D eigenvalue weighted by molar-refractivity contribution is -0.118. The Morgan fingerprint density at radius 2 is 2.26 bits per heavy atom. The fourth-order valence-corrected chi connectivity index (χ4v) is 1.71. The van der Waals surface area contributed by atoms with Crippen LogP contribution >= 0.6 is 0 Å². The van der Waals surface area contributed by atoms with Crippen LogP contribution in [0.3, 0.4) is 0 Å². The lowest BCUT2D eigenvalue weighted by Crippen LogP contribution is -2.19. The zero-order valence-electron chi connectivity index (χ0n) is 9.65. The molecule has 0 unspecified atom stereocenters. The summed E-state index contributed by atoms with van der Waals surface area (Å²) < 4.78 is 6.52. The van der Waals surface area contributed by atoms with Crippen molar-refractivity contribution in [2.45, 2.75) is 6.54 Å². The summed E-state index contributed by atoms with van der Waals surface area (Å²) in [5, 5.41) is 7.75. The first-order chi connectivity index (χ1) is 9.15. The van der Waals surface area contributed by atoms with Gasteiger partial charge in [0.2, 0.25) is 11.9 Å². The number of hydrogen-bond donors (Lipinski definition) is 2. The Hall–Kier alpha value is -2.97. The molecule has 3 aromatic rings. The van der Waals surface area contributed by atoms with Gasteiger partial charge in [-0.15, -0.1) is 5.10 Å². The Kier molecular flexibility index (Phi) is 2.37. The van der Waals surface area contributed by atoms with E-state index in [0.717, 1.165) is 0 Å². The summed E-state index contributed by atoms with van der Waals surface area (Å²) in [5.41, 5.74) is 11.9. The average molecular weight is 259 g/mol. The molecule has 3 aromatic heterocycles. The average Bonchev–Trinajstić information content (AvgIpc) is 2.98. The third-order valence-corrected chi connectivity index (χ3v) is 2.44. The number of rotatable bonds is 3. The second-order valence-electron chi connectivity index (χ2n) is 3.79. The van der Waals surface area contributed by atoms with E-state index in [1.165, 1.54) is 10.9 Å². The van der Waals surface area contributed by atoms with Crippen LogP contribution in [0.4, 0.5) is 5.95 Å². The molecule has 19 heavy (non-hydrogen) atoms. The molecule has 0 aliphatic carbocycles. The number of amides is 1. The minimum Gasteiger partial charge on any atom is -0.463 e. The second-order valence-corrected chi connectivity index (χ2v) is 3.79. The van der Waals surface area contributed by atoms with Crippen molar-refractivity contribution in [3.63, 3.8) is 0 Å². The number of nitrogens with zero attached hydrogens (tertiary/aromatic N) is 5. The lowest BCUT2D eigenvalue weighted by atomic mass is 10.3. The Morgan fingerprint density at radius 3 is 2.95 bits per heavy atom. The van der Waals surface area contributed by atoms with Crippen molar-refractivity contribution < 1.29 is 9.21 Å². The highest BCUT2D eigenvalue weighted by atomic mass is 16.3. The maximum absolute atomic E-state index is 10.9. The third kappa shape index (κ3) is 1.86. The van der Waals surface area contributed by atoms with Crippen LogP contribution in [0.15, 0.2) is 22.8 Å². The normalized spacial score (nSPS) is 10.9. The predicted octanol–water partition coefficient (Wildman–Crippen LogP) is -0.451. The minimum atomic E-state index is -0.552. The number of nitrogen functional groups attached to an aromatic ring is 1. The summed E-state index contributed by atoms with van der Waals surface area (Å²) in [7, 11) is 0. The summed E-state index contributed by atoms with van der Waals surface area (Å²) in [6.07, 6.45) is 1.51. The van der Waals surface area contributed by atoms with E-state index in [0.29, 0.717) is 22.6 Å². The molecule has 9 heteroatoms. The van der Waals surface area contributed by atoms with Gasteiger partial charge in [-0.3, -0.25) is 4.79 Å². The number of fused-ring (bicyclic) bond motifs is 1. The highest BCUT2D eigenvalue weighted by Gasteiger charge is 2.17. The summed E-state index contributed by atoms with van der Waals surface area (Å²) in [4.78, 5) is 19.0. The van der Waals surface area contributed by atoms with Gasteiger partial charge in [0, 0.05) is 0 Å². The topological polar surface area (TPSA) is 139 Å². The number of anilines is 1. The van der Waals surface area contributed by atoms with Crippen LogP contribution in [0, 0.1) is 0 Å². The monoisotopic (exact) mass is 259 g/mol. The Labute approximate surface area is 106 Å². The number of carbonyl (C=O) groups excluding carboxylic acids is 1. The molecule has 96 valence electrons. The maximum atomic E-state index is 10.9. The fraction of sp³-hybridized carbons (Fsp3) is 0.100. The summed E-state index contributed by atoms with van der Waals surface area (Å²) in [6, 6.07) is 3.43. The van der Waals surface area contributed by atoms with Crippen LogP contribution in [-0.4, -0.2) is 30.9 Å². The van der Waals surface area contributed by atoms with Gasteiger partial charge in [0.05, 0.1) is 6.26 Å². The van der Waals surface area contributed by atoms with E-state index >= 15 is 0 Å². The van der Waals surface area contributed by atoms with E-state index in [4.69, 9.17) is 15.9 Å². The zero-order valence-corrected chi connectivity index (χ0v) is 9.65. The van der Waals surface area contributed by atoms with Gasteiger partial charge >= 0.3 is 0 Å². The predicted molar refractivity (Wildman–Crippen MR) is 64.4 cm³/mol. The highest BCUT2D eigenvalue weighted by Crippen LogP contribution is 2.25. The van der Waals surface area contributed by atoms with Gasteiger partial charge in [-0.1, -0.05) is 5.21 Å². The number of primary amides is 1. The van der Waals surface area contributed by atoms with E-state index in [1.807, 2.05) is 0 Å². The third-order valence-electron chi connectivity index (χ3n) is 2.44. The van der Waals surface area contributed by atoms with Crippen LogP contribution in [0.1, 0.15) is 0 Å². The van der Waals surface area contributed by atoms with Crippen LogP contribution < -0.4 is 11.5 Å². The summed E-state index contributed by atoms with van der Waals surface area (Å²) >= 11 is 0. The molecule has 0 bridgehead atoms. The van der Waals surface area contributed by atoms with Gasteiger partial charge in [0.15, 0.2) is 16.9 Å². The molecule has 0 fully saturated rings. The molecule has 0 aromatic carbocycles. The van der Waals surface area contributed by atoms with E-state index in [-0.39, 0.29) is 12.5 Å². The van der Waals surface area contributed by atoms with E-state index in [2.05, 4.69) is 20.3 Å². The summed E-state index contributed by atoms with van der Waals surface area (Å²) in [5.74, 6) is -0.0272. The van der Waals surface area contributed by atoms with E-state index < -0.39 is 5.91 Å². The first kappa shape index (κ1) is 11.1. The van der Waals surface area contributed by atoms with Crippen molar-refractivity contribution in [3.8, 4) is 11.5 Å². The number of carbonyl (C=O) groups is 1. The smallest absolute Gasteiger partial charge is 0.239 e. The Morgan fingerprint density at radius 1 is 1.42 bits per heavy atom. The highest BCUT2D eigenvalue weighted by molar-refractivity contribution is 5.86. The van der Waals surface area contributed by atoms with E-state index in [9.17, 15) is 4.79 Å². The molecule has 0 saturated carbocycles. The lowest BCUT2D eigenvalue weighted by Gasteiger charge is -2.01. The molecule has 0 aliphatic heterocycles. The van der Waals surface area contributed by atoms with Crippen molar-refractivity contribution in [2.24, 2.45) is 5.73 Å². The molecule has 0 radical (unpaired) electrons. The minimum absolute atomic E-state index is 0.0342. The van der Waals surface area contributed by atoms with Crippen LogP contribution in [0.25, 0.3) is 22.6 Å². The van der Waals surface area contributed by atoms with Crippen molar-refractivity contribution in [1.29, 1.82) is 0 Å².